The number of nitrogens with zero attached hydrogens (tertiary/aromatic N) is 1. The molecule has 0 aliphatic heterocycles. The third-order valence-corrected chi connectivity index (χ3v) is 2.43. The molecule has 0 aromatic rings. The van der Waals surface area contributed by atoms with Gasteiger partial charge in [0.15, 0.2) is 0 Å². The van der Waals surface area contributed by atoms with Crippen molar-refractivity contribution in [3.63, 3.8) is 0 Å². The Kier molecular flexibility index (Phi) is 8.20. The Hall–Kier alpha value is -0.0800. The van der Waals surface area contributed by atoms with Crippen LogP contribution in [0.15, 0.2) is 0 Å². The van der Waals surface area contributed by atoms with E-state index in [0.717, 1.165) is 11.1 Å². The van der Waals surface area contributed by atoms with Crippen molar-refractivity contribution in [2.75, 3.05) is 41.4 Å². The van der Waals surface area contributed by atoms with E-state index >= 15 is 0 Å². The highest BCUT2D eigenvalue weighted by molar-refractivity contribution is 4.44. The van der Waals surface area contributed by atoms with Crippen LogP contribution in [0.25, 0.3) is 0 Å². The number of quaternary nitrogens is 1. The van der Waals surface area contributed by atoms with Crippen LogP contribution < -0.4 is 0 Å². The van der Waals surface area contributed by atoms with E-state index in [-0.39, 0.29) is 0 Å². The zero-order chi connectivity index (χ0) is 10.9. The van der Waals surface area contributed by atoms with E-state index in [0.29, 0.717) is 0 Å². The number of ether oxygens (including phenoxy) is 1. The molecule has 0 aromatic carbocycles. The molecule has 0 unspecified atom stereocenters. The Morgan fingerprint density at radius 1 is 0.786 bits per heavy atom. The molecule has 2 heteroatoms. The summed E-state index contributed by atoms with van der Waals surface area (Å²) in [5, 5.41) is 0. The van der Waals surface area contributed by atoms with Crippen molar-refractivity contribution in [3.05, 3.63) is 0 Å². The van der Waals surface area contributed by atoms with Crippen LogP contribution in [0.5, 0.6) is 0 Å². The predicted molar refractivity (Wildman–Crippen MR) is 62.5 cm³/mol. The quantitative estimate of drug-likeness (QED) is 0.412. The second-order valence-electron chi connectivity index (χ2n) is 5.13. The Bertz CT molecular complexity index is 118. The molecule has 0 aliphatic rings. The Labute approximate surface area is 89.8 Å². The Morgan fingerprint density at radius 2 is 1.29 bits per heavy atom. The molecule has 0 fully saturated rings. The summed E-state index contributed by atoms with van der Waals surface area (Å²) in [4.78, 5) is 0. The molecule has 0 saturated carbocycles. The highest BCUT2D eigenvalue weighted by Crippen LogP contribution is 2.06. The minimum atomic E-state index is 0.929. The zero-order valence-corrected chi connectivity index (χ0v) is 10.5. The summed E-state index contributed by atoms with van der Waals surface area (Å²) in [6, 6.07) is 0. The van der Waals surface area contributed by atoms with Crippen LogP contribution in [0.4, 0.5) is 0 Å². The van der Waals surface area contributed by atoms with Crippen molar-refractivity contribution >= 4 is 0 Å². The van der Waals surface area contributed by atoms with Crippen molar-refractivity contribution in [3.8, 4) is 0 Å². The van der Waals surface area contributed by atoms with Crippen molar-refractivity contribution in [2.24, 2.45) is 0 Å². The van der Waals surface area contributed by atoms with Crippen LogP contribution in [-0.4, -0.2) is 45.9 Å². The summed E-state index contributed by atoms with van der Waals surface area (Å²) >= 11 is 0. The molecule has 0 radical (unpaired) electrons. The van der Waals surface area contributed by atoms with Gasteiger partial charge in [0.1, 0.15) is 0 Å². The normalized spacial score (nSPS) is 12.0. The Morgan fingerprint density at radius 3 is 1.79 bits per heavy atom. The number of rotatable bonds is 9. The van der Waals surface area contributed by atoms with E-state index in [1.54, 1.807) is 7.11 Å². The molecule has 0 heterocycles. The van der Waals surface area contributed by atoms with Crippen LogP contribution in [0.3, 0.4) is 0 Å². The molecule has 0 atom stereocenters. The first-order valence-electron chi connectivity index (χ1n) is 5.85. The standard InChI is InChI=1S/C12H28NO/c1-13(2,3)11-9-7-5-6-8-10-12-14-4/h5-12H2,1-4H3/q+1. The van der Waals surface area contributed by atoms with Gasteiger partial charge >= 0.3 is 0 Å². The molecule has 0 aliphatic carbocycles. The second kappa shape index (κ2) is 8.25. The van der Waals surface area contributed by atoms with Gasteiger partial charge in [-0.05, 0) is 19.3 Å². The van der Waals surface area contributed by atoms with Crippen LogP contribution in [-0.2, 0) is 4.74 Å². The van der Waals surface area contributed by atoms with Crippen LogP contribution in [0.1, 0.15) is 38.5 Å². The van der Waals surface area contributed by atoms with E-state index in [1.807, 2.05) is 0 Å². The van der Waals surface area contributed by atoms with Gasteiger partial charge in [-0.1, -0.05) is 19.3 Å². The molecule has 0 bridgehead atoms. The van der Waals surface area contributed by atoms with Gasteiger partial charge in [0.05, 0.1) is 27.7 Å². The minimum Gasteiger partial charge on any atom is -0.385 e. The van der Waals surface area contributed by atoms with E-state index in [2.05, 4.69) is 21.1 Å². The van der Waals surface area contributed by atoms with E-state index in [9.17, 15) is 0 Å². The zero-order valence-electron chi connectivity index (χ0n) is 10.5. The van der Waals surface area contributed by atoms with Crippen molar-refractivity contribution < 1.29 is 9.22 Å². The second-order valence-corrected chi connectivity index (χ2v) is 5.13. The van der Waals surface area contributed by atoms with E-state index in [4.69, 9.17) is 4.74 Å². The summed E-state index contributed by atoms with van der Waals surface area (Å²) in [6.07, 6.45) is 8.09. The summed E-state index contributed by atoms with van der Waals surface area (Å²) in [5.74, 6) is 0. The molecule has 0 N–H and O–H groups in total. The van der Waals surface area contributed by atoms with Gasteiger partial charge in [-0.25, -0.2) is 0 Å². The lowest BCUT2D eigenvalue weighted by atomic mass is 10.1. The monoisotopic (exact) mass is 202 g/mol. The van der Waals surface area contributed by atoms with E-state index < -0.39 is 0 Å². The number of hydrogen-bond donors (Lipinski definition) is 0. The first-order chi connectivity index (χ1) is 6.56. The van der Waals surface area contributed by atoms with Gasteiger partial charge < -0.3 is 9.22 Å². The van der Waals surface area contributed by atoms with Crippen molar-refractivity contribution in [2.45, 2.75) is 38.5 Å². The highest BCUT2D eigenvalue weighted by atomic mass is 16.5. The first-order valence-corrected chi connectivity index (χ1v) is 5.85. The van der Waals surface area contributed by atoms with Crippen LogP contribution in [0, 0.1) is 0 Å². The van der Waals surface area contributed by atoms with Crippen molar-refractivity contribution in [1.29, 1.82) is 0 Å². The topological polar surface area (TPSA) is 9.23 Å². The van der Waals surface area contributed by atoms with Gasteiger partial charge in [-0.15, -0.1) is 0 Å². The summed E-state index contributed by atoms with van der Waals surface area (Å²) < 4.78 is 6.11. The fourth-order valence-electron chi connectivity index (χ4n) is 1.54. The minimum absolute atomic E-state index is 0.929. The maximum atomic E-state index is 5.01. The largest absolute Gasteiger partial charge is 0.385 e. The average molecular weight is 202 g/mol. The van der Waals surface area contributed by atoms with Gasteiger partial charge in [-0.2, -0.15) is 0 Å². The molecule has 14 heavy (non-hydrogen) atoms. The average Bonchev–Trinajstić information content (AvgIpc) is 2.08. The number of methoxy groups -OCH3 is 1. The molecule has 86 valence electrons. The fraction of sp³-hybridized carbons (Fsp3) is 1.00. The maximum Gasteiger partial charge on any atom is 0.0780 e. The van der Waals surface area contributed by atoms with Crippen molar-refractivity contribution in [1.82, 2.24) is 0 Å². The molecule has 0 aromatic heterocycles. The first kappa shape index (κ1) is 13.9. The fourth-order valence-corrected chi connectivity index (χ4v) is 1.54. The van der Waals surface area contributed by atoms with Crippen LogP contribution in [0.2, 0.25) is 0 Å². The van der Waals surface area contributed by atoms with Gasteiger partial charge in [0, 0.05) is 13.7 Å². The lowest BCUT2D eigenvalue weighted by Gasteiger charge is -2.23. The molecular weight excluding hydrogens is 174 g/mol. The third-order valence-electron chi connectivity index (χ3n) is 2.43. The summed E-state index contributed by atoms with van der Waals surface area (Å²) in [6.45, 7) is 2.23. The SMILES string of the molecule is COCCCCCCCC[N+](C)(C)C. The molecule has 0 rings (SSSR count). The van der Waals surface area contributed by atoms with Crippen LogP contribution >= 0.6 is 0 Å². The van der Waals surface area contributed by atoms with E-state index in [1.165, 1.54) is 45.1 Å². The molecule has 0 saturated heterocycles. The molecular formula is C12H28NO+. The molecule has 0 amide bonds. The summed E-state index contributed by atoms with van der Waals surface area (Å²) in [7, 11) is 8.57. The van der Waals surface area contributed by atoms with Gasteiger partial charge in [0.25, 0.3) is 0 Å². The predicted octanol–water partition coefficient (Wildman–Crippen LogP) is 2.68. The number of unbranched alkanes of at least 4 members (excludes halogenated alkanes) is 5. The molecule has 2 nitrogen and oxygen atoms in total. The highest BCUT2D eigenvalue weighted by Gasteiger charge is 2.04. The maximum absolute atomic E-state index is 5.01. The lowest BCUT2D eigenvalue weighted by molar-refractivity contribution is -0.870. The number of hydrogen-bond acceptors (Lipinski definition) is 1. The van der Waals surface area contributed by atoms with Gasteiger partial charge in [0.2, 0.25) is 0 Å². The summed E-state index contributed by atoms with van der Waals surface area (Å²) in [5.41, 5.74) is 0. The lowest BCUT2D eigenvalue weighted by Crippen LogP contribution is -2.35. The third kappa shape index (κ3) is 11.9. The van der Waals surface area contributed by atoms with Gasteiger partial charge in [-0.3, -0.25) is 0 Å². The Balaban J connectivity index is 2.99. The molecule has 0 spiro atoms. The smallest absolute Gasteiger partial charge is 0.0780 e.